The lowest BCUT2D eigenvalue weighted by atomic mass is 10.0. The molecule has 0 aliphatic carbocycles. The van der Waals surface area contributed by atoms with Gasteiger partial charge in [-0.15, -0.1) is 0 Å². The van der Waals surface area contributed by atoms with Gasteiger partial charge in [0.15, 0.2) is 0 Å². The van der Waals surface area contributed by atoms with Gasteiger partial charge in [0.2, 0.25) is 0 Å². The molecule has 0 bridgehead atoms. The van der Waals surface area contributed by atoms with Gasteiger partial charge < -0.3 is 5.32 Å². The molecule has 1 N–H and O–H groups in total. The summed E-state index contributed by atoms with van der Waals surface area (Å²) in [6, 6.07) is 13.7. The molecule has 2 heteroatoms. The number of hydrogen-bond acceptors (Lipinski definition) is 1. The lowest BCUT2D eigenvalue weighted by molar-refractivity contribution is 0.0956. The van der Waals surface area contributed by atoms with E-state index in [2.05, 4.69) is 5.32 Å². The van der Waals surface area contributed by atoms with Crippen molar-refractivity contribution in [2.45, 2.75) is 13.3 Å². The average molecular weight is 239 g/mol. The van der Waals surface area contributed by atoms with Crippen molar-refractivity contribution in [3.8, 4) is 0 Å². The van der Waals surface area contributed by atoms with Crippen molar-refractivity contribution in [2.75, 3.05) is 6.54 Å². The highest BCUT2D eigenvalue weighted by atomic mass is 16.1. The molecule has 0 saturated heterocycles. The third-order valence-electron chi connectivity index (χ3n) is 2.87. The average Bonchev–Trinajstić information content (AvgIpc) is 2.43. The van der Waals surface area contributed by atoms with Gasteiger partial charge in [-0.1, -0.05) is 48.6 Å². The van der Waals surface area contributed by atoms with Crippen molar-refractivity contribution in [3.05, 3.63) is 60.2 Å². The second-order valence-corrected chi connectivity index (χ2v) is 4.14. The van der Waals surface area contributed by atoms with Crippen LogP contribution in [-0.2, 0) is 0 Å². The maximum absolute atomic E-state index is 12.1. The highest BCUT2D eigenvalue weighted by Gasteiger charge is 2.07. The molecule has 92 valence electrons. The first kappa shape index (κ1) is 12.4. The Hall–Kier alpha value is -2.09. The van der Waals surface area contributed by atoms with Crippen LogP contribution < -0.4 is 5.32 Å². The van der Waals surface area contributed by atoms with E-state index in [0.717, 1.165) is 22.8 Å². The summed E-state index contributed by atoms with van der Waals surface area (Å²) in [5.41, 5.74) is 0.744. The fraction of sp³-hybridized carbons (Fsp3) is 0.188. The SMILES string of the molecule is C/C=C/CCNC(=O)c1cccc2ccccc12. The largest absolute Gasteiger partial charge is 0.352 e. The van der Waals surface area contributed by atoms with Crippen LogP contribution in [0.15, 0.2) is 54.6 Å². The summed E-state index contributed by atoms with van der Waals surface area (Å²) >= 11 is 0. The zero-order chi connectivity index (χ0) is 12.8. The molecule has 0 radical (unpaired) electrons. The summed E-state index contributed by atoms with van der Waals surface area (Å²) in [4.78, 5) is 12.1. The molecule has 2 nitrogen and oxygen atoms in total. The Morgan fingerprint density at radius 1 is 1.17 bits per heavy atom. The van der Waals surface area contributed by atoms with Crippen LogP contribution in [0.3, 0.4) is 0 Å². The van der Waals surface area contributed by atoms with Crippen LogP contribution in [0.25, 0.3) is 10.8 Å². The van der Waals surface area contributed by atoms with Crippen molar-refractivity contribution in [2.24, 2.45) is 0 Å². The predicted molar refractivity (Wildman–Crippen MR) is 75.7 cm³/mol. The molecule has 0 atom stereocenters. The fourth-order valence-electron chi connectivity index (χ4n) is 1.95. The van der Waals surface area contributed by atoms with E-state index in [9.17, 15) is 4.79 Å². The minimum atomic E-state index is -0.00342. The first-order valence-electron chi connectivity index (χ1n) is 6.20. The number of rotatable bonds is 4. The van der Waals surface area contributed by atoms with Gasteiger partial charge in [0.1, 0.15) is 0 Å². The molecule has 0 aliphatic heterocycles. The van der Waals surface area contributed by atoms with E-state index in [-0.39, 0.29) is 5.91 Å². The van der Waals surface area contributed by atoms with E-state index in [4.69, 9.17) is 0 Å². The highest BCUT2D eigenvalue weighted by Crippen LogP contribution is 2.18. The smallest absolute Gasteiger partial charge is 0.251 e. The Bertz CT molecular complexity index is 567. The number of amides is 1. The fourth-order valence-corrected chi connectivity index (χ4v) is 1.95. The van der Waals surface area contributed by atoms with Crippen molar-refractivity contribution in [1.29, 1.82) is 0 Å². The van der Waals surface area contributed by atoms with Crippen LogP contribution in [0.2, 0.25) is 0 Å². The maximum atomic E-state index is 12.1. The van der Waals surface area contributed by atoms with Gasteiger partial charge in [-0.3, -0.25) is 4.79 Å². The van der Waals surface area contributed by atoms with Gasteiger partial charge in [-0.2, -0.15) is 0 Å². The Labute approximate surface area is 107 Å². The summed E-state index contributed by atoms with van der Waals surface area (Å²) in [6.45, 7) is 2.65. The lowest BCUT2D eigenvalue weighted by Gasteiger charge is -2.07. The molecular formula is C16H17NO. The Balaban J connectivity index is 2.17. The van der Waals surface area contributed by atoms with Crippen LogP contribution in [0.5, 0.6) is 0 Å². The molecule has 0 fully saturated rings. The van der Waals surface area contributed by atoms with E-state index >= 15 is 0 Å². The number of nitrogens with one attached hydrogen (secondary N) is 1. The second kappa shape index (κ2) is 6.01. The quantitative estimate of drug-likeness (QED) is 0.641. The topological polar surface area (TPSA) is 29.1 Å². The number of carbonyl (C=O) groups is 1. The molecule has 0 saturated carbocycles. The summed E-state index contributed by atoms with van der Waals surface area (Å²) in [7, 11) is 0. The molecule has 1 amide bonds. The molecule has 2 aromatic rings. The van der Waals surface area contributed by atoms with E-state index in [1.54, 1.807) is 0 Å². The van der Waals surface area contributed by atoms with Crippen LogP contribution in [-0.4, -0.2) is 12.5 Å². The van der Waals surface area contributed by atoms with Gasteiger partial charge in [-0.05, 0) is 30.2 Å². The lowest BCUT2D eigenvalue weighted by Crippen LogP contribution is -2.24. The molecular weight excluding hydrogens is 222 g/mol. The Morgan fingerprint density at radius 3 is 2.78 bits per heavy atom. The standard InChI is InChI=1S/C16H17NO/c1-2-3-6-12-17-16(18)15-11-7-9-13-8-4-5-10-14(13)15/h2-5,7-11H,6,12H2,1H3,(H,17,18)/b3-2+. The minimum Gasteiger partial charge on any atom is -0.352 e. The van der Waals surface area contributed by atoms with E-state index in [0.29, 0.717) is 6.54 Å². The van der Waals surface area contributed by atoms with Gasteiger partial charge in [0.25, 0.3) is 5.91 Å². The number of benzene rings is 2. The third-order valence-corrected chi connectivity index (χ3v) is 2.87. The van der Waals surface area contributed by atoms with Crippen LogP contribution >= 0.6 is 0 Å². The van der Waals surface area contributed by atoms with Gasteiger partial charge in [-0.25, -0.2) is 0 Å². The first-order valence-corrected chi connectivity index (χ1v) is 6.20. The van der Waals surface area contributed by atoms with E-state index in [1.165, 1.54) is 0 Å². The zero-order valence-electron chi connectivity index (χ0n) is 10.5. The summed E-state index contributed by atoms with van der Waals surface area (Å²) in [5.74, 6) is -0.00342. The van der Waals surface area contributed by atoms with Gasteiger partial charge >= 0.3 is 0 Å². The number of hydrogen-bond donors (Lipinski definition) is 1. The van der Waals surface area contributed by atoms with Crippen LogP contribution in [0.1, 0.15) is 23.7 Å². The molecule has 2 rings (SSSR count). The normalized spacial score (nSPS) is 10.9. The van der Waals surface area contributed by atoms with Crippen molar-refractivity contribution in [1.82, 2.24) is 5.32 Å². The van der Waals surface area contributed by atoms with Crippen molar-refractivity contribution in [3.63, 3.8) is 0 Å². The number of fused-ring (bicyclic) bond motifs is 1. The summed E-state index contributed by atoms with van der Waals surface area (Å²) in [6.07, 6.45) is 4.90. The Kier molecular flexibility index (Phi) is 4.13. The van der Waals surface area contributed by atoms with Crippen molar-refractivity contribution >= 4 is 16.7 Å². The van der Waals surface area contributed by atoms with E-state index in [1.807, 2.05) is 61.5 Å². The molecule has 0 aliphatic rings. The van der Waals surface area contributed by atoms with Gasteiger partial charge in [0.05, 0.1) is 0 Å². The molecule has 18 heavy (non-hydrogen) atoms. The highest BCUT2D eigenvalue weighted by molar-refractivity contribution is 6.06. The maximum Gasteiger partial charge on any atom is 0.251 e. The van der Waals surface area contributed by atoms with Gasteiger partial charge in [0, 0.05) is 12.1 Å². The number of carbonyl (C=O) groups excluding carboxylic acids is 1. The molecule has 0 spiro atoms. The molecule has 0 aromatic heterocycles. The minimum absolute atomic E-state index is 0.00342. The predicted octanol–water partition coefficient (Wildman–Crippen LogP) is 3.54. The van der Waals surface area contributed by atoms with Crippen LogP contribution in [0.4, 0.5) is 0 Å². The zero-order valence-corrected chi connectivity index (χ0v) is 10.5. The third kappa shape index (κ3) is 2.77. The second-order valence-electron chi connectivity index (χ2n) is 4.14. The number of allylic oxidation sites excluding steroid dienone is 1. The van der Waals surface area contributed by atoms with E-state index < -0.39 is 0 Å². The van der Waals surface area contributed by atoms with Crippen LogP contribution in [0, 0.1) is 0 Å². The monoisotopic (exact) mass is 239 g/mol. The molecule has 0 unspecified atom stereocenters. The molecule has 2 aromatic carbocycles. The Morgan fingerprint density at radius 2 is 1.94 bits per heavy atom. The first-order chi connectivity index (χ1) is 8.83. The summed E-state index contributed by atoms with van der Waals surface area (Å²) < 4.78 is 0. The van der Waals surface area contributed by atoms with Crippen molar-refractivity contribution < 1.29 is 4.79 Å². The summed E-state index contributed by atoms with van der Waals surface area (Å²) in [5, 5.41) is 5.03. The molecule has 0 heterocycles.